The van der Waals surface area contributed by atoms with Crippen molar-refractivity contribution in [2.75, 3.05) is 0 Å². The van der Waals surface area contributed by atoms with Crippen molar-refractivity contribution in [2.45, 2.75) is 11.4 Å². The summed E-state index contributed by atoms with van der Waals surface area (Å²) in [5.41, 5.74) is 1.51. The first-order chi connectivity index (χ1) is 11.0. The Hall–Kier alpha value is -2.51. The lowest BCUT2D eigenvalue weighted by Crippen LogP contribution is -2.22. The summed E-state index contributed by atoms with van der Waals surface area (Å²) in [6.07, 6.45) is 0. The van der Waals surface area contributed by atoms with Gasteiger partial charge >= 0.3 is 0 Å². The van der Waals surface area contributed by atoms with Crippen LogP contribution in [-0.4, -0.2) is 13.6 Å². The maximum absolute atomic E-state index is 12.9. The molecule has 0 unspecified atom stereocenters. The van der Waals surface area contributed by atoms with E-state index in [4.69, 9.17) is 4.52 Å². The van der Waals surface area contributed by atoms with E-state index in [0.717, 1.165) is 17.7 Å². The van der Waals surface area contributed by atoms with E-state index < -0.39 is 15.8 Å². The van der Waals surface area contributed by atoms with Crippen LogP contribution in [0.5, 0.6) is 0 Å². The summed E-state index contributed by atoms with van der Waals surface area (Å²) in [7, 11) is -3.74. The summed E-state index contributed by atoms with van der Waals surface area (Å²) in [5.74, 6) is -0.110. The molecule has 7 heteroatoms. The maximum Gasteiger partial charge on any atom is 0.240 e. The number of halogens is 1. The van der Waals surface area contributed by atoms with Crippen LogP contribution in [0.1, 0.15) is 5.76 Å². The Morgan fingerprint density at radius 2 is 1.74 bits per heavy atom. The fourth-order valence-corrected chi connectivity index (χ4v) is 3.00. The predicted octanol–water partition coefficient (Wildman–Crippen LogP) is 2.96. The zero-order valence-electron chi connectivity index (χ0n) is 11.9. The first kappa shape index (κ1) is 15.4. The first-order valence-corrected chi connectivity index (χ1v) is 8.29. The molecule has 3 aromatic rings. The van der Waals surface area contributed by atoms with E-state index in [1.54, 1.807) is 6.07 Å². The number of sulfonamides is 1. The van der Waals surface area contributed by atoms with E-state index >= 15 is 0 Å². The molecular weight excluding hydrogens is 319 g/mol. The van der Waals surface area contributed by atoms with Crippen molar-refractivity contribution in [3.05, 3.63) is 72.2 Å². The SMILES string of the molecule is O=S(=O)(NCc1cc(-c2ccccc2)no1)c1ccc(F)cc1. The average molecular weight is 332 g/mol. The van der Waals surface area contributed by atoms with Crippen LogP contribution in [0.4, 0.5) is 4.39 Å². The molecule has 5 nitrogen and oxygen atoms in total. The average Bonchev–Trinajstić information content (AvgIpc) is 3.03. The van der Waals surface area contributed by atoms with Crippen LogP contribution in [-0.2, 0) is 16.6 Å². The third-order valence-corrected chi connectivity index (χ3v) is 4.61. The molecule has 0 aliphatic heterocycles. The molecule has 0 aliphatic carbocycles. The molecule has 0 atom stereocenters. The molecule has 0 amide bonds. The monoisotopic (exact) mass is 332 g/mol. The van der Waals surface area contributed by atoms with Gasteiger partial charge in [0.25, 0.3) is 0 Å². The van der Waals surface area contributed by atoms with Gasteiger partial charge in [-0.15, -0.1) is 0 Å². The number of aromatic nitrogens is 1. The van der Waals surface area contributed by atoms with E-state index in [9.17, 15) is 12.8 Å². The predicted molar refractivity (Wildman–Crippen MR) is 82.4 cm³/mol. The second-order valence-electron chi connectivity index (χ2n) is 4.82. The van der Waals surface area contributed by atoms with E-state index in [1.807, 2.05) is 30.3 Å². The van der Waals surface area contributed by atoms with Crippen molar-refractivity contribution in [1.29, 1.82) is 0 Å². The van der Waals surface area contributed by atoms with Crippen LogP contribution < -0.4 is 4.72 Å². The van der Waals surface area contributed by atoms with Gasteiger partial charge in [-0.3, -0.25) is 0 Å². The Balaban J connectivity index is 1.71. The second-order valence-corrected chi connectivity index (χ2v) is 6.59. The van der Waals surface area contributed by atoms with Gasteiger partial charge in [0, 0.05) is 11.6 Å². The third kappa shape index (κ3) is 3.64. The fraction of sp³-hybridized carbons (Fsp3) is 0.0625. The van der Waals surface area contributed by atoms with Gasteiger partial charge in [-0.05, 0) is 24.3 Å². The molecule has 0 bridgehead atoms. The van der Waals surface area contributed by atoms with E-state index in [-0.39, 0.29) is 11.4 Å². The Bertz CT molecular complexity index is 891. The Morgan fingerprint density at radius 1 is 1.04 bits per heavy atom. The molecule has 3 rings (SSSR count). The minimum absolute atomic E-state index is 0.0123. The molecule has 0 radical (unpaired) electrons. The van der Waals surface area contributed by atoms with Crippen LogP contribution in [0.2, 0.25) is 0 Å². The third-order valence-electron chi connectivity index (χ3n) is 3.19. The maximum atomic E-state index is 12.9. The Kier molecular flexibility index (Phi) is 4.22. The van der Waals surface area contributed by atoms with Crippen molar-refractivity contribution >= 4 is 10.0 Å². The van der Waals surface area contributed by atoms with Gasteiger partial charge in [-0.25, -0.2) is 17.5 Å². The Labute approximate surface area is 132 Å². The standard InChI is InChI=1S/C16H13FN2O3S/c17-13-6-8-15(9-7-13)23(20,21)18-11-14-10-16(19-22-14)12-4-2-1-3-5-12/h1-10,18H,11H2. The summed E-state index contributed by atoms with van der Waals surface area (Å²) in [5, 5.41) is 3.91. The molecular formula is C16H13FN2O3S. The van der Waals surface area contributed by atoms with Crippen LogP contribution >= 0.6 is 0 Å². The summed E-state index contributed by atoms with van der Waals surface area (Å²) in [4.78, 5) is -0.0123. The topological polar surface area (TPSA) is 72.2 Å². The first-order valence-electron chi connectivity index (χ1n) is 6.81. The molecule has 2 aromatic carbocycles. The van der Waals surface area contributed by atoms with Gasteiger partial charge < -0.3 is 4.52 Å². The van der Waals surface area contributed by atoms with Crippen molar-refractivity contribution in [2.24, 2.45) is 0 Å². The zero-order chi connectivity index (χ0) is 16.3. The zero-order valence-corrected chi connectivity index (χ0v) is 12.8. The second kappa shape index (κ2) is 6.31. The lowest BCUT2D eigenvalue weighted by atomic mass is 10.1. The summed E-state index contributed by atoms with van der Waals surface area (Å²) >= 11 is 0. The van der Waals surface area contributed by atoms with Crippen molar-refractivity contribution in [3.8, 4) is 11.3 Å². The molecule has 0 spiro atoms. The summed E-state index contributed by atoms with van der Waals surface area (Å²) in [6.45, 7) is -0.0421. The summed E-state index contributed by atoms with van der Waals surface area (Å²) in [6, 6.07) is 15.7. The smallest absolute Gasteiger partial charge is 0.240 e. The van der Waals surface area contributed by atoms with Gasteiger partial charge in [-0.1, -0.05) is 35.5 Å². The highest BCUT2D eigenvalue weighted by Gasteiger charge is 2.15. The van der Waals surface area contributed by atoms with Gasteiger partial charge in [0.15, 0.2) is 5.76 Å². The van der Waals surface area contributed by atoms with Crippen molar-refractivity contribution in [3.63, 3.8) is 0 Å². The van der Waals surface area contributed by atoms with Crippen LogP contribution in [0.15, 0.2) is 70.1 Å². The molecule has 118 valence electrons. The molecule has 23 heavy (non-hydrogen) atoms. The Morgan fingerprint density at radius 3 is 2.43 bits per heavy atom. The molecule has 0 saturated carbocycles. The minimum atomic E-state index is -3.74. The van der Waals surface area contributed by atoms with Crippen LogP contribution in [0, 0.1) is 5.82 Å². The normalized spacial score (nSPS) is 11.5. The lowest BCUT2D eigenvalue weighted by molar-refractivity contribution is 0.382. The highest BCUT2D eigenvalue weighted by atomic mass is 32.2. The summed E-state index contributed by atoms with van der Waals surface area (Å²) < 4.78 is 44.6. The van der Waals surface area contributed by atoms with Crippen LogP contribution in [0.25, 0.3) is 11.3 Å². The molecule has 1 N–H and O–H groups in total. The quantitative estimate of drug-likeness (QED) is 0.780. The van der Waals surface area contributed by atoms with Crippen molar-refractivity contribution in [1.82, 2.24) is 9.88 Å². The van der Waals surface area contributed by atoms with E-state index in [0.29, 0.717) is 11.5 Å². The van der Waals surface area contributed by atoms with Gasteiger partial charge in [-0.2, -0.15) is 0 Å². The fourth-order valence-electron chi connectivity index (χ4n) is 2.00. The van der Waals surface area contributed by atoms with Crippen molar-refractivity contribution < 1.29 is 17.3 Å². The number of hydrogen-bond acceptors (Lipinski definition) is 4. The van der Waals surface area contributed by atoms with Crippen LogP contribution in [0.3, 0.4) is 0 Å². The number of nitrogens with one attached hydrogen (secondary N) is 1. The number of hydrogen-bond donors (Lipinski definition) is 1. The molecule has 1 aromatic heterocycles. The number of benzene rings is 2. The number of rotatable bonds is 5. The highest BCUT2D eigenvalue weighted by Crippen LogP contribution is 2.19. The van der Waals surface area contributed by atoms with E-state index in [1.165, 1.54) is 12.1 Å². The molecule has 0 fully saturated rings. The van der Waals surface area contributed by atoms with Gasteiger partial charge in [0.2, 0.25) is 10.0 Å². The lowest BCUT2D eigenvalue weighted by Gasteiger charge is -2.04. The molecule has 1 heterocycles. The van der Waals surface area contributed by atoms with Gasteiger partial charge in [0.05, 0.1) is 11.4 Å². The molecule has 0 saturated heterocycles. The highest BCUT2D eigenvalue weighted by molar-refractivity contribution is 7.89. The largest absolute Gasteiger partial charge is 0.359 e. The van der Waals surface area contributed by atoms with Gasteiger partial charge in [0.1, 0.15) is 11.5 Å². The van der Waals surface area contributed by atoms with E-state index in [2.05, 4.69) is 9.88 Å². The minimum Gasteiger partial charge on any atom is -0.359 e. The number of nitrogens with zero attached hydrogens (tertiary/aromatic N) is 1. The molecule has 0 aliphatic rings.